The molecule has 0 atom stereocenters. The standard InChI is InChI=1S/C16H30N4O4/c1-7-17-13(22)20-10-8-19(9-11-20)12(21)16(5,6)18-14(23)24-15(2,3)4/h7-11H2,1-6H3,(H,17,22)(H,18,23). The summed E-state index contributed by atoms with van der Waals surface area (Å²) in [6.45, 7) is 12.9. The van der Waals surface area contributed by atoms with Gasteiger partial charge in [-0.2, -0.15) is 0 Å². The quantitative estimate of drug-likeness (QED) is 0.805. The number of alkyl carbamates (subject to hydrolysis) is 1. The first kappa shape index (κ1) is 20.1. The predicted octanol–water partition coefficient (Wildman–Crippen LogP) is 1.16. The highest BCUT2D eigenvalue weighted by Crippen LogP contribution is 2.14. The first-order chi connectivity index (χ1) is 11.0. The van der Waals surface area contributed by atoms with Gasteiger partial charge < -0.3 is 25.2 Å². The number of ether oxygens (including phenoxy) is 1. The van der Waals surface area contributed by atoms with Crippen LogP contribution in [0.5, 0.6) is 0 Å². The zero-order chi connectivity index (χ0) is 18.5. The molecule has 1 saturated heterocycles. The lowest BCUT2D eigenvalue weighted by Gasteiger charge is -2.38. The van der Waals surface area contributed by atoms with Gasteiger partial charge in [-0.25, -0.2) is 9.59 Å². The van der Waals surface area contributed by atoms with Gasteiger partial charge in [0.1, 0.15) is 11.1 Å². The number of piperazine rings is 1. The molecule has 2 N–H and O–H groups in total. The average molecular weight is 342 g/mol. The van der Waals surface area contributed by atoms with E-state index in [9.17, 15) is 14.4 Å². The Kier molecular flexibility index (Phi) is 6.45. The van der Waals surface area contributed by atoms with Crippen molar-refractivity contribution in [2.75, 3.05) is 32.7 Å². The van der Waals surface area contributed by atoms with Crippen molar-refractivity contribution in [1.29, 1.82) is 0 Å². The summed E-state index contributed by atoms with van der Waals surface area (Å²) in [4.78, 5) is 39.7. The van der Waals surface area contributed by atoms with Crippen LogP contribution in [0.25, 0.3) is 0 Å². The molecular weight excluding hydrogens is 312 g/mol. The van der Waals surface area contributed by atoms with E-state index in [2.05, 4.69) is 10.6 Å². The molecule has 4 amide bonds. The highest BCUT2D eigenvalue weighted by molar-refractivity contribution is 5.89. The molecule has 0 bridgehead atoms. The van der Waals surface area contributed by atoms with Gasteiger partial charge in [0.2, 0.25) is 5.91 Å². The second kappa shape index (κ2) is 7.72. The zero-order valence-corrected chi connectivity index (χ0v) is 15.6. The van der Waals surface area contributed by atoms with Crippen LogP contribution in [0.2, 0.25) is 0 Å². The number of hydrogen-bond acceptors (Lipinski definition) is 4. The summed E-state index contributed by atoms with van der Waals surface area (Å²) in [6.07, 6.45) is -0.623. The Morgan fingerprint density at radius 3 is 1.92 bits per heavy atom. The van der Waals surface area contributed by atoms with Crippen molar-refractivity contribution in [2.24, 2.45) is 0 Å². The molecule has 1 aliphatic rings. The monoisotopic (exact) mass is 342 g/mol. The van der Waals surface area contributed by atoms with E-state index in [4.69, 9.17) is 4.74 Å². The Balaban J connectivity index is 2.57. The van der Waals surface area contributed by atoms with E-state index >= 15 is 0 Å². The minimum atomic E-state index is -1.07. The van der Waals surface area contributed by atoms with Crippen LogP contribution in [-0.2, 0) is 9.53 Å². The third-order valence-corrected chi connectivity index (χ3v) is 3.53. The van der Waals surface area contributed by atoms with Crippen molar-refractivity contribution in [2.45, 2.75) is 52.7 Å². The van der Waals surface area contributed by atoms with Crippen molar-refractivity contribution in [3.8, 4) is 0 Å². The van der Waals surface area contributed by atoms with E-state index in [1.54, 1.807) is 44.4 Å². The summed E-state index contributed by atoms with van der Waals surface area (Å²) < 4.78 is 5.20. The van der Waals surface area contributed by atoms with Gasteiger partial charge in [-0.15, -0.1) is 0 Å². The summed E-state index contributed by atoms with van der Waals surface area (Å²) in [7, 11) is 0. The van der Waals surface area contributed by atoms with E-state index in [0.717, 1.165) is 0 Å². The lowest BCUT2D eigenvalue weighted by atomic mass is 10.0. The van der Waals surface area contributed by atoms with Crippen LogP contribution in [0.3, 0.4) is 0 Å². The Bertz CT molecular complexity index is 477. The van der Waals surface area contributed by atoms with Gasteiger partial charge in [-0.3, -0.25) is 4.79 Å². The van der Waals surface area contributed by atoms with Crippen LogP contribution in [0.1, 0.15) is 41.5 Å². The SMILES string of the molecule is CCNC(=O)N1CCN(C(=O)C(C)(C)NC(=O)OC(C)(C)C)CC1. The summed E-state index contributed by atoms with van der Waals surface area (Å²) in [5.74, 6) is -0.191. The van der Waals surface area contributed by atoms with Crippen molar-refractivity contribution in [1.82, 2.24) is 20.4 Å². The Hall–Kier alpha value is -1.99. The maximum atomic E-state index is 12.7. The van der Waals surface area contributed by atoms with Gasteiger partial charge in [0.25, 0.3) is 0 Å². The molecule has 8 heteroatoms. The van der Waals surface area contributed by atoms with Gasteiger partial charge in [0, 0.05) is 32.7 Å². The van der Waals surface area contributed by atoms with Gasteiger partial charge in [0.05, 0.1) is 0 Å². The van der Waals surface area contributed by atoms with Gasteiger partial charge in [0.15, 0.2) is 0 Å². The highest BCUT2D eigenvalue weighted by Gasteiger charge is 2.36. The molecule has 1 heterocycles. The second-order valence-corrected chi connectivity index (χ2v) is 7.37. The molecule has 1 aliphatic heterocycles. The number of rotatable bonds is 3. The smallest absolute Gasteiger partial charge is 0.408 e. The first-order valence-corrected chi connectivity index (χ1v) is 8.29. The number of carbonyl (C=O) groups excluding carboxylic acids is 3. The molecule has 138 valence electrons. The van der Waals surface area contributed by atoms with Crippen molar-refractivity contribution in [3.63, 3.8) is 0 Å². The maximum absolute atomic E-state index is 12.7. The van der Waals surface area contributed by atoms with Crippen LogP contribution >= 0.6 is 0 Å². The molecule has 0 unspecified atom stereocenters. The predicted molar refractivity (Wildman–Crippen MR) is 90.7 cm³/mol. The average Bonchev–Trinajstić information content (AvgIpc) is 2.44. The van der Waals surface area contributed by atoms with E-state index in [-0.39, 0.29) is 11.9 Å². The second-order valence-electron chi connectivity index (χ2n) is 7.37. The summed E-state index contributed by atoms with van der Waals surface area (Å²) in [6, 6.07) is -0.115. The molecule has 8 nitrogen and oxygen atoms in total. The van der Waals surface area contributed by atoms with Crippen molar-refractivity contribution >= 4 is 18.0 Å². The van der Waals surface area contributed by atoms with E-state index in [1.807, 2.05) is 6.92 Å². The Morgan fingerprint density at radius 2 is 1.46 bits per heavy atom. The minimum Gasteiger partial charge on any atom is -0.444 e. The van der Waals surface area contributed by atoms with Crippen LogP contribution in [0.15, 0.2) is 0 Å². The third kappa shape index (κ3) is 5.90. The fourth-order valence-electron chi connectivity index (χ4n) is 2.38. The molecule has 0 aromatic rings. The normalized spacial score (nSPS) is 15.8. The lowest BCUT2D eigenvalue weighted by Crippen LogP contribution is -2.61. The summed E-state index contributed by atoms with van der Waals surface area (Å²) in [5.41, 5.74) is -1.70. The highest BCUT2D eigenvalue weighted by atomic mass is 16.6. The number of urea groups is 1. The van der Waals surface area contributed by atoms with Gasteiger partial charge in [-0.05, 0) is 41.5 Å². The number of amides is 4. The third-order valence-electron chi connectivity index (χ3n) is 3.53. The van der Waals surface area contributed by atoms with Gasteiger partial charge >= 0.3 is 12.1 Å². The summed E-state index contributed by atoms with van der Waals surface area (Å²) in [5, 5.41) is 5.37. The van der Waals surface area contributed by atoms with Crippen LogP contribution in [0.4, 0.5) is 9.59 Å². The topological polar surface area (TPSA) is 91.0 Å². The number of carbonyl (C=O) groups is 3. The molecule has 24 heavy (non-hydrogen) atoms. The first-order valence-electron chi connectivity index (χ1n) is 8.29. The largest absolute Gasteiger partial charge is 0.444 e. The number of hydrogen-bond donors (Lipinski definition) is 2. The molecule has 0 spiro atoms. The van der Waals surface area contributed by atoms with Crippen molar-refractivity contribution in [3.05, 3.63) is 0 Å². The molecule has 0 aliphatic carbocycles. The lowest BCUT2D eigenvalue weighted by molar-refractivity contribution is -0.138. The number of nitrogens with one attached hydrogen (secondary N) is 2. The van der Waals surface area contributed by atoms with Crippen LogP contribution < -0.4 is 10.6 Å². The zero-order valence-electron chi connectivity index (χ0n) is 15.6. The van der Waals surface area contributed by atoms with Crippen LogP contribution in [-0.4, -0.2) is 71.7 Å². The van der Waals surface area contributed by atoms with E-state index in [1.165, 1.54) is 0 Å². The van der Waals surface area contributed by atoms with Crippen molar-refractivity contribution < 1.29 is 19.1 Å². The van der Waals surface area contributed by atoms with Crippen LogP contribution in [0, 0.1) is 0 Å². The minimum absolute atomic E-state index is 0.115. The molecule has 0 radical (unpaired) electrons. The molecule has 0 aromatic heterocycles. The molecule has 1 fully saturated rings. The molecule has 0 saturated carbocycles. The van der Waals surface area contributed by atoms with E-state index < -0.39 is 17.2 Å². The number of nitrogens with zero attached hydrogens (tertiary/aromatic N) is 2. The van der Waals surface area contributed by atoms with E-state index in [0.29, 0.717) is 32.7 Å². The molecular formula is C16H30N4O4. The fraction of sp³-hybridized carbons (Fsp3) is 0.812. The van der Waals surface area contributed by atoms with Gasteiger partial charge in [-0.1, -0.05) is 0 Å². The Labute approximate surface area is 143 Å². The molecule has 0 aromatic carbocycles. The fourth-order valence-corrected chi connectivity index (χ4v) is 2.38. The summed E-state index contributed by atoms with van der Waals surface area (Å²) >= 11 is 0. The Morgan fingerprint density at radius 1 is 0.958 bits per heavy atom. The maximum Gasteiger partial charge on any atom is 0.408 e. The molecule has 1 rings (SSSR count).